The number of fused-ring (bicyclic) bond motifs is 1. The molecule has 2 fully saturated rings. The number of nitrogens with one attached hydrogen (secondary N) is 1. The van der Waals surface area contributed by atoms with Crippen molar-refractivity contribution in [3.8, 4) is 5.75 Å². The van der Waals surface area contributed by atoms with Crippen molar-refractivity contribution in [2.24, 2.45) is 0 Å². The first kappa shape index (κ1) is 23.2. The Balaban J connectivity index is 1.27. The third kappa shape index (κ3) is 4.55. The van der Waals surface area contributed by atoms with Crippen LogP contribution in [0.15, 0.2) is 42.5 Å². The lowest BCUT2D eigenvalue weighted by molar-refractivity contribution is 0.0700. The van der Waals surface area contributed by atoms with Crippen molar-refractivity contribution in [1.82, 2.24) is 15.1 Å². The molecule has 0 radical (unpaired) electrons. The van der Waals surface area contributed by atoms with Crippen molar-refractivity contribution in [3.63, 3.8) is 0 Å². The Hall–Kier alpha value is -3.59. The van der Waals surface area contributed by atoms with Crippen molar-refractivity contribution >= 4 is 23.6 Å². The molecule has 35 heavy (non-hydrogen) atoms. The molecule has 2 saturated heterocycles. The van der Waals surface area contributed by atoms with Crippen molar-refractivity contribution in [2.75, 3.05) is 51.3 Å². The van der Waals surface area contributed by atoms with Crippen molar-refractivity contribution in [3.05, 3.63) is 59.2 Å². The molecule has 3 heterocycles. The van der Waals surface area contributed by atoms with E-state index in [4.69, 9.17) is 9.47 Å². The van der Waals surface area contributed by atoms with Gasteiger partial charge in [0.1, 0.15) is 12.4 Å². The number of benzene rings is 2. The van der Waals surface area contributed by atoms with Crippen LogP contribution in [0.2, 0.25) is 0 Å². The Bertz CT molecular complexity index is 1120. The summed E-state index contributed by atoms with van der Waals surface area (Å²) < 4.78 is 10.9. The molecular formula is C26H30N4O5. The number of piperidine rings is 1. The van der Waals surface area contributed by atoms with E-state index >= 15 is 0 Å². The van der Waals surface area contributed by atoms with Crippen LogP contribution in [0.25, 0.3) is 0 Å². The van der Waals surface area contributed by atoms with Gasteiger partial charge in [0.2, 0.25) is 0 Å². The van der Waals surface area contributed by atoms with Crippen LogP contribution >= 0.6 is 0 Å². The summed E-state index contributed by atoms with van der Waals surface area (Å²) in [4.78, 5) is 44.1. The molecule has 0 aliphatic carbocycles. The summed E-state index contributed by atoms with van der Waals surface area (Å²) in [7, 11) is 1.51. The Morgan fingerprint density at radius 1 is 0.971 bits per heavy atom. The van der Waals surface area contributed by atoms with E-state index in [0.29, 0.717) is 55.9 Å². The smallest absolute Gasteiger partial charge is 0.414 e. The number of piperazine rings is 1. The van der Waals surface area contributed by atoms with E-state index in [1.54, 1.807) is 32.9 Å². The number of hydrogen-bond donors (Lipinski definition) is 1. The third-order valence-electron chi connectivity index (χ3n) is 7.00. The molecule has 0 atom stereocenters. The molecule has 0 unspecified atom stereocenters. The number of carbonyl (C=O) groups excluding carboxylic acids is 3. The number of amides is 3. The zero-order chi connectivity index (χ0) is 24.4. The van der Waals surface area contributed by atoms with Crippen molar-refractivity contribution in [1.29, 1.82) is 0 Å². The summed E-state index contributed by atoms with van der Waals surface area (Å²) in [6.07, 6.45) is 0.966. The minimum atomic E-state index is -0.333. The number of hydrogen-bond acceptors (Lipinski definition) is 6. The highest BCUT2D eigenvalue weighted by atomic mass is 16.6. The van der Waals surface area contributed by atoms with Gasteiger partial charge in [-0.05, 0) is 37.1 Å². The van der Waals surface area contributed by atoms with E-state index in [1.165, 1.54) is 7.11 Å². The van der Waals surface area contributed by atoms with E-state index < -0.39 is 0 Å². The highest BCUT2D eigenvalue weighted by Gasteiger charge is 2.35. The first-order chi connectivity index (χ1) is 17.1. The third-order valence-corrected chi connectivity index (χ3v) is 7.00. The fourth-order valence-corrected chi connectivity index (χ4v) is 5.07. The van der Waals surface area contributed by atoms with Gasteiger partial charge in [-0.25, -0.2) is 4.79 Å². The first-order valence-corrected chi connectivity index (χ1v) is 12.1. The Kier molecular flexibility index (Phi) is 6.59. The van der Waals surface area contributed by atoms with Crippen LogP contribution in [0.1, 0.15) is 39.1 Å². The average Bonchev–Trinajstić information content (AvgIpc) is 2.92. The van der Waals surface area contributed by atoms with E-state index in [2.05, 4.69) is 5.32 Å². The van der Waals surface area contributed by atoms with E-state index in [1.807, 2.05) is 24.3 Å². The highest BCUT2D eigenvalue weighted by Crippen LogP contribution is 2.32. The molecule has 3 aliphatic rings. The standard InChI is InChI=1S/C26H30N4O5/c1-34-23-16-18(24(31)29-14-10-27-11-15-29)6-7-21(23)25(32)28-12-8-20(9-13-28)30-22-5-3-2-4-19(22)17-35-26(30)33/h2-7,16,20,27H,8-15,17H2,1H3. The summed E-state index contributed by atoms with van der Waals surface area (Å²) in [5.74, 6) is 0.202. The van der Waals surface area contributed by atoms with Gasteiger partial charge in [-0.2, -0.15) is 0 Å². The fourth-order valence-electron chi connectivity index (χ4n) is 5.07. The van der Waals surface area contributed by atoms with Crippen LogP contribution in [0.3, 0.4) is 0 Å². The molecule has 0 aromatic heterocycles. The lowest BCUT2D eigenvalue weighted by Gasteiger charge is -2.40. The molecule has 184 valence electrons. The number of methoxy groups -OCH3 is 1. The number of anilines is 1. The number of likely N-dealkylation sites (tertiary alicyclic amines) is 1. The van der Waals surface area contributed by atoms with Gasteiger partial charge in [0.05, 0.1) is 18.4 Å². The SMILES string of the molecule is COc1cc(C(=O)N2CCNCC2)ccc1C(=O)N1CCC(N2C(=O)OCc3ccccc32)CC1. The van der Waals surface area contributed by atoms with Crippen LogP contribution in [0, 0.1) is 0 Å². The number of para-hydroxylation sites is 1. The topological polar surface area (TPSA) is 91.4 Å². The molecule has 0 spiro atoms. The van der Waals surface area contributed by atoms with Crippen LogP contribution in [-0.2, 0) is 11.3 Å². The predicted octanol–water partition coefficient (Wildman–Crippen LogP) is 2.50. The molecule has 5 rings (SSSR count). The second-order valence-corrected chi connectivity index (χ2v) is 9.03. The number of rotatable bonds is 4. The lowest BCUT2D eigenvalue weighted by atomic mass is 9.99. The van der Waals surface area contributed by atoms with Crippen LogP contribution in [0.4, 0.5) is 10.5 Å². The van der Waals surface area contributed by atoms with Gasteiger partial charge in [-0.15, -0.1) is 0 Å². The maximum Gasteiger partial charge on any atom is 0.414 e. The predicted molar refractivity (Wildman–Crippen MR) is 130 cm³/mol. The quantitative estimate of drug-likeness (QED) is 0.726. The fraction of sp³-hybridized carbons (Fsp3) is 0.423. The van der Waals surface area contributed by atoms with E-state index in [0.717, 1.165) is 24.3 Å². The summed E-state index contributed by atoms with van der Waals surface area (Å²) in [6.45, 7) is 4.18. The molecule has 3 amide bonds. The van der Waals surface area contributed by atoms with Gasteiger partial charge < -0.3 is 24.6 Å². The average molecular weight is 479 g/mol. The van der Waals surface area contributed by atoms with Gasteiger partial charge in [0.15, 0.2) is 0 Å². The highest BCUT2D eigenvalue weighted by molar-refractivity contribution is 6.00. The summed E-state index contributed by atoms with van der Waals surface area (Å²) >= 11 is 0. The maximum absolute atomic E-state index is 13.3. The molecule has 2 aromatic rings. The minimum absolute atomic E-state index is 0.0334. The number of cyclic esters (lactones) is 1. The van der Waals surface area contributed by atoms with Gasteiger partial charge in [0.25, 0.3) is 11.8 Å². The molecule has 0 bridgehead atoms. The monoisotopic (exact) mass is 478 g/mol. The van der Waals surface area contributed by atoms with Crippen molar-refractivity contribution < 1.29 is 23.9 Å². The zero-order valence-corrected chi connectivity index (χ0v) is 19.9. The van der Waals surface area contributed by atoms with E-state index in [9.17, 15) is 14.4 Å². The van der Waals surface area contributed by atoms with Gasteiger partial charge >= 0.3 is 6.09 Å². The summed E-state index contributed by atoms with van der Waals surface area (Å²) in [5, 5.41) is 3.24. The largest absolute Gasteiger partial charge is 0.496 e. The number of nitrogens with zero attached hydrogens (tertiary/aromatic N) is 3. The second-order valence-electron chi connectivity index (χ2n) is 9.03. The van der Waals surface area contributed by atoms with Crippen LogP contribution in [-0.4, -0.2) is 80.1 Å². The second kappa shape index (κ2) is 9.95. The summed E-state index contributed by atoms with van der Waals surface area (Å²) in [5.41, 5.74) is 2.83. The normalized spacial score (nSPS) is 18.7. The minimum Gasteiger partial charge on any atom is -0.496 e. The Morgan fingerprint density at radius 3 is 2.43 bits per heavy atom. The molecular weight excluding hydrogens is 448 g/mol. The molecule has 0 saturated carbocycles. The maximum atomic E-state index is 13.3. The van der Waals surface area contributed by atoms with Crippen molar-refractivity contribution in [2.45, 2.75) is 25.5 Å². The number of ether oxygens (including phenoxy) is 2. The Labute approximate surface area is 204 Å². The zero-order valence-electron chi connectivity index (χ0n) is 19.9. The molecule has 2 aromatic carbocycles. The molecule has 1 N–H and O–H groups in total. The lowest BCUT2D eigenvalue weighted by Crippen LogP contribution is -2.50. The van der Waals surface area contributed by atoms with Gasteiger partial charge in [-0.3, -0.25) is 14.5 Å². The van der Waals surface area contributed by atoms with Gasteiger partial charge in [-0.1, -0.05) is 18.2 Å². The molecule has 9 nitrogen and oxygen atoms in total. The Morgan fingerprint density at radius 2 is 1.69 bits per heavy atom. The molecule has 3 aliphatic heterocycles. The molecule has 9 heteroatoms. The number of carbonyl (C=O) groups is 3. The van der Waals surface area contributed by atoms with Gasteiger partial charge in [0, 0.05) is 56.4 Å². The first-order valence-electron chi connectivity index (χ1n) is 12.1. The van der Waals surface area contributed by atoms with E-state index in [-0.39, 0.29) is 30.6 Å². The van der Waals surface area contributed by atoms with Crippen LogP contribution < -0.4 is 15.0 Å². The van der Waals surface area contributed by atoms with Crippen LogP contribution in [0.5, 0.6) is 5.75 Å². The summed E-state index contributed by atoms with van der Waals surface area (Å²) in [6, 6.07) is 12.8.